The zero-order valence-electron chi connectivity index (χ0n) is 6.52. The fraction of sp³-hybridized carbons (Fsp3) is 0.444. The van der Waals surface area contributed by atoms with E-state index < -0.39 is 0 Å². The number of carbonyl (C=O) groups is 1. The van der Waals surface area contributed by atoms with E-state index >= 15 is 0 Å². The Labute approximate surface area is 66.9 Å². The Balaban J connectivity index is 3.17. The number of rotatable bonds is 3. The summed E-state index contributed by atoms with van der Waals surface area (Å²) >= 11 is 0. The zero-order chi connectivity index (χ0) is 8.53. The minimum atomic E-state index is -0.255. The van der Waals surface area contributed by atoms with Crippen molar-refractivity contribution in [2.75, 3.05) is 6.61 Å². The van der Waals surface area contributed by atoms with Crippen LogP contribution < -0.4 is 0 Å². The average Bonchev–Trinajstić information content (AvgIpc) is 1.96. The maximum atomic E-state index is 10.2. The molecule has 0 aromatic rings. The van der Waals surface area contributed by atoms with Gasteiger partial charge >= 0.3 is 5.97 Å². The lowest BCUT2D eigenvalue weighted by molar-refractivity contribution is -0.141. The summed E-state index contributed by atoms with van der Waals surface area (Å²) in [5.41, 5.74) is 0. The molecule has 0 atom stereocenters. The molecule has 0 aliphatic carbocycles. The summed E-state index contributed by atoms with van der Waals surface area (Å²) in [5.74, 6) is 7.15. The lowest BCUT2D eigenvalue weighted by Gasteiger charge is -1.96. The van der Waals surface area contributed by atoms with E-state index in [1.807, 2.05) is 0 Å². The van der Waals surface area contributed by atoms with Crippen molar-refractivity contribution in [1.82, 2.24) is 0 Å². The smallest absolute Gasteiger partial charge is 0.302 e. The summed E-state index contributed by atoms with van der Waals surface area (Å²) < 4.78 is 4.66. The van der Waals surface area contributed by atoms with Gasteiger partial charge in [-0.15, -0.1) is 6.42 Å². The van der Waals surface area contributed by atoms with E-state index in [4.69, 9.17) is 6.42 Å². The Morgan fingerprint density at radius 2 is 2.36 bits per heavy atom. The third kappa shape index (κ3) is 8.59. The number of carbonyl (C=O) groups excluding carboxylic acids is 1. The van der Waals surface area contributed by atoms with Gasteiger partial charge in [-0.2, -0.15) is 0 Å². The zero-order valence-corrected chi connectivity index (χ0v) is 6.52. The second-order valence-corrected chi connectivity index (χ2v) is 1.89. The highest BCUT2D eigenvalue weighted by atomic mass is 16.5. The highest BCUT2D eigenvalue weighted by Gasteiger charge is 1.89. The van der Waals surface area contributed by atoms with Crippen molar-refractivity contribution in [2.24, 2.45) is 0 Å². The van der Waals surface area contributed by atoms with Crippen molar-refractivity contribution in [3.05, 3.63) is 0 Å². The third-order valence-corrected chi connectivity index (χ3v) is 0.912. The molecular weight excluding hydrogens is 140 g/mol. The van der Waals surface area contributed by atoms with Gasteiger partial charge in [0.1, 0.15) is 0 Å². The standard InChI is InChI=1S/C9H10O2/c1-3-4-5-6-7-8-11-9(2)10/h1H,6-8H2,2H3. The van der Waals surface area contributed by atoms with Gasteiger partial charge in [0.05, 0.1) is 6.61 Å². The number of esters is 1. The monoisotopic (exact) mass is 150 g/mol. The van der Waals surface area contributed by atoms with E-state index in [1.165, 1.54) is 6.92 Å². The fourth-order valence-corrected chi connectivity index (χ4v) is 0.490. The van der Waals surface area contributed by atoms with Crippen LogP contribution in [0.5, 0.6) is 0 Å². The number of hydrogen-bond donors (Lipinski definition) is 0. The summed E-state index contributed by atoms with van der Waals surface area (Å²) in [5, 5.41) is 0. The van der Waals surface area contributed by atoms with Crippen LogP contribution in [0.25, 0.3) is 0 Å². The lowest BCUT2D eigenvalue weighted by atomic mass is 10.3. The number of hydrogen-bond acceptors (Lipinski definition) is 2. The topological polar surface area (TPSA) is 26.3 Å². The van der Waals surface area contributed by atoms with Crippen molar-refractivity contribution < 1.29 is 9.53 Å². The number of terminal acetylenes is 1. The van der Waals surface area contributed by atoms with Gasteiger partial charge in [-0.1, -0.05) is 5.92 Å². The molecule has 0 unspecified atom stereocenters. The quantitative estimate of drug-likeness (QED) is 0.340. The highest BCUT2D eigenvalue weighted by Crippen LogP contribution is 1.87. The molecule has 0 saturated carbocycles. The molecule has 2 nitrogen and oxygen atoms in total. The molecule has 0 bridgehead atoms. The Kier molecular flexibility index (Phi) is 5.85. The minimum Gasteiger partial charge on any atom is -0.466 e. The first-order valence-corrected chi connectivity index (χ1v) is 3.34. The maximum Gasteiger partial charge on any atom is 0.302 e. The molecule has 11 heavy (non-hydrogen) atoms. The lowest BCUT2D eigenvalue weighted by Crippen LogP contribution is -1.99. The predicted molar refractivity (Wildman–Crippen MR) is 42.5 cm³/mol. The van der Waals surface area contributed by atoms with Crippen molar-refractivity contribution in [3.8, 4) is 24.2 Å². The van der Waals surface area contributed by atoms with Gasteiger partial charge in [0.2, 0.25) is 0 Å². The van der Waals surface area contributed by atoms with E-state index in [-0.39, 0.29) is 5.97 Å². The van der Waals surface area contributed by atoms with Gasteiger partial charge in [-0.25, -0.2) is 0 Å². The molecule has 0 N–H and O–H groups in total. The number of unbranched alkanes of at least 4 members (excludes halogenated alkanes) is 1. The van der Waals surface area contributed by atoms with Gasteiger partial charge in [0.15, 0.2) is 0 Å². The van der Waals surface area contributed by atoms with Crippen molar-refractivity contribution in [2.45, 2.75) is 19.8 Å². The normalized spacial score (nSPS) is 7.27. The van der Waals surface area contributed by atoms with Crippen molar-refractivity contribution in [1.29, 1.82) is 0 Å². The molecule has 0 spiro atoms. The molecule has 0 aromatic carbocycles. The van der Waals surface area contributed by atoms with Gasteiger partial charge in [0, 0.05) is 13.3 Å². The molecule has 2 heteroatoms. The molecule has 0 radical (unpaired) electrons. The molecule has 0 aromatic heterocycles. The Morgan fingerprint density at radius 3 is 2.91 bits per heavy atom. The summed E-state index contributed by atoms with van der Waals surface area (Å²) in [7, 11) is 0. The van der Waals surface area contributed by atoms with E-state index in [9.17, 15) is 4.79 Å². The van der Waals surface area contributed by atoms with E-state index in [2.05, 4.69) is 22.5 Å². The van der Waals surface area contributed by atoms with Crippen LogP contribution >= 0.6 is 0 Å². The first-order valence-electron chi connectivity index (χ1n) is 3.34. The highest BCUT2D eigenvalue weighted by molar-refractivity contribution is 5.65. The number of ether oxygens (including phenoxy) is 1. The summed E-state index contributed by atoms with van der Waals surface area (Å²) in [6.45, 7) is 1.81. The van der Waals surface area contributed by atoms with Crippen LogP contribution in [-0.4, -0.2) is 12.6 Å². The van der Waals surface area contributed by atoms with Crippen LogP contribution in [0.4, 0.5) is 0 Å². The fourth-order valence-electron chi connectivity index (χ4n) is 0.490. The average molecular weight is 150 g/mol. The molecule has 0 rings (SSSR count). The molecule has 58 valence electrons. The molecule has 0 aliphatic heterocycles. The second-order valence-electron chi connectivity index (χ2n) is 1.89. The van der Waals surface area contributed by atoms with Crippen molar-refractivity contribution >= 4 is 5.97 Å². The Hall–Kier alpha value is -1.41. The third-order valence-electron chi connectivity index (χ3n) is 0.912. The van der Waals surface area contributed by atoms with Crippen LogP contribution in [0, 0.1) is 24.2 Å². The van der Waals surface area contributed by atoms with E-state index in [0.717, 1.165) is 6.42 Å². The van der Waals surface area contributed by atoms with Crippen molar-refractivity contribution in [3.63, 3.8) is 0 Å². The molecule has 0 saturated heterocycles. The molecule has 0 heterocycles. The first-order chi connectivity index (χ1) is 5.27. The molecular formula is C9H10O2. The molecule has 0 amide bonds. The summed E-state index contributed by atoms with van der Waals surface area (Å²) in [4.78, 5) is 10.2. The second kappa shape index (κ2) is 6.71. The van der Waals surface area contributed by atoms with E-state index in [0.29, 0.717) is 13.0 Å². The molecule has 0 aliphatic rings. The Bertz CT molecular complexity index is 212. The maximum absolute atomic E-state index is 10.2. The van der Waals surface area contributed by atoms with Crippen LogP contribution in [-0.2, 0) is 9.53 Å². The van der Waals surface area contributed by atoms with Gasteiger partial charge < -0.3 is 4.74 Å². The minimum absolute atomic E-state index is 0.255. The SMILES string of the molecule is C#CC#CCCCOC(C)=O. The predicted octanol–water partition coefficient (Wildman–Crippen LogP) is 0.966. The first kappa shape index (κ1) is 9.59. The summed E-state index contributed by atoms with van der Waals surface area (Å²) in [6, 6.07) is 0. The van der Waals surface area contributed by atoms with Crippen LogP contribution in [0.3, 0.4) is 0 Å². The Morgan fingerprint density at radius 1 is 1.64 bits per heavy atom. The van der Waals surface area contributed by atoms with Crippen LogP contribution in [0.15, 0.2) is 0 Å². The van der Waals surface area contributed by atoms with Gasteiger partial charge in [-0.05, 0) is 18.3 Å². The summed E-state index contributed by atoms with van der Waals surface area (Å²) in [6.07, 6.45) is 6.30. The van der Waals surface area contributed by atoms with Crippen LogP contribution in [0.1, 0.15) is 19.8 Å². The van der Waals surface area contributed by atoms with E-state index in [1.54, 1.807) is 0 Å². The van der Waals surface area contributed by atoms with Gasteiger partial charge in [-0.3, -0.25) is 4.79 Å². The van der Waals surface area contributed by atoms with Gasteiger partial charge in [0.25, 0.3) is 0 Å². The molecule has 0 fully saturated rings. The largest absolute Gasteiger partial charge is 0.466 e. The van der Waals surface area contributed by atoms with Crippen LogP contribution in [0.2, 0.25) is 0 Å².